The SMILES string of the molecule is Nc1ccc(OB(O)O)cc1. The molecular formula is C6H8BNO3. The molecule has 0 spiro atoms. The average molecular weight is 153 g/mol. The minimum absolute atomic E-state index is 0.370. The molecule has 0 unspecified atom stereocenters. The van der Waals surface area contributed by atoms with Gasteiger partial charge in [-0.3, -0.25) is 0 Å². The number of rotatable bonds is 2. The number of hydrogen-bond acceptors (Lipinski definition) is 4. The van der Waals surface area contributed by atoms with Crippen LogP contribution in [-0.4, -0.2) is 17.4 Å². The van der Waals surface area contributed by atoms with Crippen LogP contribution in [0.25, 0.3) is 0 Å². The topological polar surface area (TPSA) is 75.7 Å². The van der Waals surface area contributed by atoms with Crippen LogP contribution in [0.4, 0.5) is 5.69 Å². The monoisotopic (exact) mass is 153 g/mol. The number of benzene rings is 1. The number of nitrogens with two attached hydrogens (primary N) is 1. The Hall–Kier alpha value is -1.20. The molecule has 5 heteroatoms. The third-order valence-corrected chi connectivity index (χ3v) is 1.12. The maximum Gasteiger partial charge on any atom is 0.707 e. The predicted molar refractivity (Wildman–Crippen MR) is 41.7 cm³/mol. The molecule has 0 amide bonds. The number of anilines is 1. The van der Waals surface area contributed by atoms with E-state index in [1.807, 2.05) is 0 Å². The van der Waals surface area contributed by atoms with Gasteiger partial charge in [0.1, 0.15) is 5.75 Å². The van der Waals surface area contributed by atoms with Gasteiger partial charge in [-0.15, -0.1) is 0 Å². The highest BCUT2D eigenvalue weighted by atomic mass is 16.6. The van der Waals surface area contributed by atoms with Crippen LogP contribution in [0.3, 0.4) is 0 Å². The summed E-state index contributed by atoms with van der Waals surface area (Å²) in [5.41, 5.74) is 5.98. The summed E-state index contributed by atoms with van der Waals surface area (Å²) >= 11 is 0. The Balaban J connectivity index is 2.66. The second-order valence-corrected chi connectivity index (χ2v) is 2.01. The molecule has 0 radical (unpaired) electrons. The Labute approximate surface area is 64.4 Å². The van der Waals surface area contributed by atoms with Gasteiger partial charge in [-0.05, 0) is 24.3 Å². The molecule has 0 aliphatic heterocycles. The minimum atomic E-state index is -1.78. The van der Waals surface area contributed by atoms with Gasteiger partial charge in [0.2, 0.25) is 0 Å². The first kappa shape index (κ1) is 7.91. The summed E-state index contributed by atoms with van der Waals surface area (Å²) in [6.45, 7) is 0. The lowest BCUT2D eigenvalue weighted by atomic mass is 10.2. The zero-order chi connectivity index (χ0) is 8.27. The zero-order valence-corrected chi connectivity index (χ0v) is 5.77. The number of nitrogen functional groups attached to an aromatic ring is 1. The van der Waals surface area contributed by atoms with Crippen LogP contribution in [0.1, 0.15) is 0 Å². The predicted octanol–water partition coefficient (Wildman–Crippen LogP) is -0.383. The van der Waals surface area contributed by atoms with E-state index in [1.165, 1.54) is 0 Å². The van der Waals surface area contributed by atoms with Crippen molar-refractivity contribution < 1.29 is 14.7 Å². The van der Waals surface area contributed by atoms with Gasteiger partial charge in [0.05, 0.1) is 0 Å². The Kier molecular flexibility index (Phi) is 2.35. The fourth-order valence-corrected chi connectivity index (χ4v) is 0.668. The van der Waals surface area contributed by atoms with Crippen LogP contribution < -0.4 is 10.4 Å². The van der Waals surface area contributed by atoms with Crippen molar-refractivity contribution in [1.29, 1.82) is 0 Å². The maximum absolute atomic E-state index is 8.38. The normalized spacial score (nSPS) is 9.27. The van der Waals surface area contributed by atoms with Crippen molar-refractivity contribution in [2.75, 3.05) is 5.73 Å². The van der Waals surface area contributed by atoms with E-state index in [1.54, 1.807) is 24.3 Å². The summed E-state index contributed by atoms with van der Waals surface area (Å²) in [5.74, 6) is 0.370. The summed E-state index contributed by atoms with van der Waals surface area (Å²) in [5, 5.41) is 16.8. The zero-order valence-electron chi connectivity index (χ0n) is 5.77. The minimum Gasteiger partial charge on any atom is -0.512 e. The average Bonchev–Trinajstić information content (AvgIpc) is 1.93. The molecule has 11 heavy (non-hydrogen) atoms. The fraction of sp³-hybridized carbons (Fsp3) is 0. The molecule has 0 aliphatic carbocycles. The molecule has 0 atom stereocenters. The van der Waals surface area contributed by atoms with Crippen LogP contribution in [0.5, 0.6) is 5.75 Å². The molecule has 4 N–H and O–H groups in total. The van der Waals surface area contributed by atoms with E-state index in [0.29, 0.717) is 11.4 Å². The van der Waals surface area contributed by atoms with Crippen LogP contribution in [0.2, 0.25) is 0 Å². The van der Waals surface area contributed by atoms with Gasteiger partial charge in [-0.25, -0.2) is 0 Å². The maximum atomic E-state index is 8.38. The largest absolute Gasteiger partial charge is 0.707 e. The fourth-order valence-electron chi connectivity index (χ4n) is 0.668. The summed E-state index contributed by atoms with van der Waals surface area (Å²) in [6, 6.07) is 6.32. The molecule has 0 heterocycles. The highest BCUT2D eigenvalue weighted by Gasteiger charge is 2.09. The molecular weight excluding hydrogens is 145 g/mol. The molecule has 0 aromatic heterocycles. The summed E-state index contributed by atoms with van der Waals surface area (Å²) in [6.07, 6.45) is 0. The molecule has 0 aliphatic rings. The van der Waals surface area contributed by atoms with Gasteiger partial charge in [0, 0.05) is 5.69 Å². The Bertz CT molecular complexity index is 224. The van der Waals surface area contributed by atoms with Crippen LogP contribution in [0.15, 0.2) is 24.3 Å². The lowest BCUT2D eigenvalue weighted by molar-refractivity contribution is 0.288. The summed E-state index contributed by atoms with van der Waals surface area (Å²) in [4.78, 5) is 0. The highest BCUT2D eigenvalue weighted by Crippen LogP contribution is 2.12. The quantitative estimate of drug-likeness (QED) is 0.399. The van der Waals surface area contributed by atoms with Crippen molar-refractivity contribution in [2.45, 2.75) is 0 Å². The molecule has 0 fully saturated rings. The standard InChI is InChI=1S/C6H8BNO3/c8-5-1-3-6(4-2-5)11-7(9)10/h1-4,9-10H,8H2. The lowest BCUT2D eigenvalue weighted by Crippen LogP contribution is -2.20. The molecule has 0 bridgehead atoms. The first-order valence-electron chi connectivity index (χ1n) is 3.07. The van der Waals surface area contributed by atoms with E-state index in [2.05, 4.69) is 4.65 Å². The van der Waals surface area contributed by atoms with E-state index < -0.39 is 7.32 Å². The third kappa shape index (κ3) is 2.49. The van der Waals surface area contributed by atoms with Crippen molar-refractivity contribution in [3.05, 3.63) is 24.3 Å². The van der Waals surface area contributed by atoms with E-state index in [9.17, 15) is 0 Å². The Morgan fingerprint density at radius 1 is 1.18 bits per heavy atom. The summed E-state index contributed by atoms with van der Waals surface area (Å²) < 4.78 is 4.52. The molecule has 0 saturated carbocycles. The van der Waals surface area contributed by atoms with Crippen molar-refractivity contribution in [1.82, 2.24) is 0 Å². The van der Waals surface area contributed by atoms with Crippen molar-refractivity contribution in [2.24, 2.45) is 0 Å². The van der Waals surface area contributed by atoms with E-state index >= 15 is 0 Å². The molecule has 1 rings (SSSR count). The molecule has 4 nitrogen and oxygen atoms in total. The summed E-state index contributed by atoms with van der Waals surface area (Å²) in [7, 11) is -1.78. The van der Waals surface area contributed by atoms with Crippen LogP contribution >= 0.6 is 0 Å². The van der Waals surface area contributed by atoms with Crippen LogP contribution in [-0.2, 0) is 0 Å². The highest BCUT2D eigenvalue weighted by molar-refractivity contribution is 6.33. The van der Waals surface area contributed by atoms with E-state index in [-0.39, 0.29) is 0 Å². The van der Waals surface area contributed by atoms with E-state index in [0.717, 1.165) is 0 Å². The first-order valence-corrected chi connectivity index (χ1v) is 3.07. The smallest absolute Gasteiger partial charge is 0.512 e. The lowest BCUT2D eigenvalue weighted by Gasteiger charge is -2.03. The Morgan fingerprint density at radius 3 is 2.18 bits per heavy atom. The van der Waals surface area contributed by atoms with Crippen molar-refractivity contribution in [3.63, 3.8) is 0 Å². The van der Waals surface area contributed by atoms with Gasteiger partial charge in [-0.2, -0.15) is 0 Å². The van der Waals surface area contributed by atoms with Gasteiger partial charge in [0.15, 0.2) is 0 Å². The molecule has 1 aromatic rings. The third-order valence-electron chi connectivity index (χ3n) is 1.12. The first-order chi connectivity index (χ1) is 5.18. The van der Waals surface area contributed by atoms with Gasteiger partial charge >= 0.3 is 7.32 Å². The van der Waals surface area contributed by atoms with Crippen LogP contribution in [0, 0.1) is 0 Å². The Morgan fingerprint density at radius 2 is 1.73 bits per heavy atom. The second-order valence-electron chi connectivity index (χ2n) is 2.01. The molecule has 58 valence electrons. The van der Waals surface area contributed by atoms with Gasteiger partial charge in [-0.1, -0.05) is 0 Å². The van der Waals surface area contributed by atoms with Crippen molar-refractivity contribution in [3.8, 4) is 5.75 Å². The van der Waals surface area contributed by atoms with Gasteiger partial charge < -0.3 is 20.4 Å². The van der Waals surface area contributed by atoms with Crippen molar-refractivity contribution >= 4 is 13.0 Å². The number of hydrogen-bond donors (Lipinski definition) is 3. The van der Waals surface area contributed by atoms with E-state index in [4.69, 9.17) is 15.8 Å². The molecule has 1 aromatic carbocycles. The van der Waals surface area contributed by atoms with Gasteiger partial charge in [0.25, 0.3) is 0 Å². The molecule has 0 saturated heterocycles. The second kappa shape index (κ2) is 3.27.